The third-order valence-corrected chi connectivity index (χ3v) is 3.47. The molecular formula is C18H17N3O. The monoisotopic (exact) mass is 291 g/mol. The summed E-state index contributed by atoms with van der Waals surface area (Å²) in [7, 11) is 1.95. The Balaban J connectivity index is 1.87. The molecule has 0 atom stereocenters. The smallest absolute Gasteiger partial charge is 0.255 e. The second-order valence-corrected chi connectivity index (χ2v) is 4.92. The predicted molar refractivity (Wildman–Crippen MR) is 89.1 cm³/mol. The summed E-state index contributed by atoms with van der Waals surface area (Å²) in [5.74, 6) is -0.117. The Morgan fingerprint density at radius 1 is 0.909 bits per heavy atom. The standard InChI is InChI=1S/C18H17N3O/c1-20(21-13-7-8-14-21)17-12-6-5-11-16(17)19-18(22)15-9-3-2-4-10-15/h2-14H,1H3,(H,19,22). The van der Waals surface area contributed by atoms with E-state index in [1.807, 2.05) is 83.7 Å². The molecule has 1 N–H and O–H groups in total. The Morgan fingerprint density at radius 3 is 2.27 bits per heavy atom. The van der Waals surface area contributed by atoms with Crippen molar-refractivity contribution in [2.45, 2.75) is 0 Å². The van der Waals surface area contributed by atoms with E-state index in [1.165, 1.54) is 0 Å². The molecule has 22 heavy (non-hydrogen) atoms. The number of aromatic nitrogens is 1. The van der Waals surface area contributed by atoms with Crippen molar-refractivity contribution in [3.8, 4) is 0 Å². The lowest BCUT2D eigenvalue weighted by atomic mass is 10.2. The summed E-state index contributed by atoms with van der Waals surface area (Å²) in [6.45, 7) is 0. The third kappa shape index (κ3) is 2.86. The highest BCUT2D eigenvalue weighted by molar-refractivity contribution is 6.05. The molecule has 0 unspecified atom stereocenters. The lowest BCUT2D eigenvalue weighted by Crippen LogP contribution is -2.24. The summed E-state index contributed by atoms with van der Waals surface area (Å²) in [6, 6.07) is 20.9. The summed E-state index contributed by atoms with van der Waals surface area (Å²) in [5, 5.41) is 4.95. The molecule has 0 saturated carbocycles. The van der Waals surface area contributed by atoms with Crippen LogP contribution in [0.5, 0.6) is 0 Å². The maximum atomic E-state index is 12.3. The average Bonchev–Trinajstić information content (AvgIpc) is 3.10. The maximum Gasteiger partial charge on any atom is 0.255 e. The number of carbonyl (C=O) groups is 1. The minimum absolute atomic E-state index is 0.117. The predicted octanol–water partition coefficient (Wildman–Crippen LogP) is 3.64. The van der Waals surface area contributed by atoms with E-state index in [4.69, 9.17) is 0 Å². The van der Waals surface area contributed by atoms with Crippen molar-refractivity contribution in [1.82, 2.24) is 4.68 Å². The zero-order valence-electron chi connectivity index (χ0n) is 12.3. The summed E-state index contributed by atoms with van der Waals surface area (Å²) < 4.78 is 1.95. The van der Waals surface area contributed by atoms with Gasteiger partial charge in [-0.25, -0.2) is 0 Å². The number of hydrogen-bond acceptors (Lipinski definition) is 2. The number of nitrogens with one attached hydrogen (secondary N) is 1. The molecule has 0 aliphatic rings. The lowest BCUT2D eigenvalue weighted by Gasteiger charge is -2.23. The van der Waals surface area contributed by atoms with E-state index in [0.717, 1.165) is 11.4 Å². The van der Waals surface area contributed by atoms with Crippen LogP contribution in [0, 0.1) is 0 Å². The zero-order chi connectivity index (χ0) is 15.4. The van der Waals surface area contributed by atoms with Crippen molar-refractivity contribution in [3.05, 3.63) is 84.7 Å². The van der Waals surface area contributed by atoms with E-state index in [1.54, 1.807) is 12.1 Å². The van der Waals surface area contributed by atoms with E-state index < -0.39 is 0 Å². The Hall–Kier alpha value is -3.01. The molecule has 0 radical (unpaired) electrons. The van der Waals surface area contributed by atoms with Crippen molar-refractivity contribution in [2.75, 3.05) is 17.4 Å². The van der Waals surface area contributed by atoms with Crippen LogP contribution in [-0.2, 0) is 0 Å². The van der Waals surface area contributed by atoms with Crippen LogP contribution in [0.2, 0.25) is 0 Å². The van der Waals surface area contributed by atoms with Crippen LogP contribution in [0.15, 0.2) is 79.1 Å². The Labute approximate surface area is 129 Å². The van der Waals surface area contributed by atoms with Crippen LogP contribution in [-0.4, -0.2) is 17.6 Å². The molecule has 1 heterocycles. The van der Waals surface area contributed by atoms with Gasteiger partial charge in [0, 0.05) is 25.0 Å². The largest absolute Gasteiger partial charge is 0.320 e. The molecule has 0 saturated heterocycles. The Morgan fingerprint density at radius 2 is 1.55 bits per heavy atom. The maximum absolute atomic E-state index is 12.3. The van der Waals surface area contributed by atoms with Gasteiger partial charge in [-0.15, -0.1) is 0 Å². The van der Waals surface area contributed by atoms with Crippen LogP contribution >= 0.6 is 0 Å². The van der Waals surface area contributed by atoms with Gasteiger partial charge < -0.3 is 5.32 Å². The third-order valence-electron chi connectivity index (χ3n) is 3.47. The van der Waals surface area contributed by atoms with Gasteiger partial charge in [0.15, 0.2) is 0 Å². The average molecular weight is 291 g/mol. The van der Waals surface area contributed by atoms with Gasteiger partial charge in [0.25, 0.3) is 5.91 Å². The highest BCUT2D eigenvalue weighted by atomic mass is 16.1. The van der Waals surface area contributed by atoms with E-state index in [9.17, 15) is 4.79 Å². The summed E-state index contributed by atoms with van der Waals surface area (Å²) in [4.78, 5) is 12.3. The minimum Gasteiger partial charge on any atom is -0.320 e. The highest BCUT2D eigenvalue weighted by Gasteiger charge is 2.11. The fourth-order valence-corrected chi connectivity index (χ4v) is 2.30. The molecule has 110 valence electrons. The van der Waals surface area contributed by atoms with Crippen molar-refractivity contribution in [1.29, 1.82) is 0 Å². The Bertz CT molecular complexity index is 751. The fraction of sp³-hybridized carbons (Fsp3) is 0.0556. The quantitative estimate of drug-likeness (QED) is 0.797. The zero-order valence-corrected chi connectivity index (χ0v) is 12.3. The van der Waals surface area contributed by atoms with Crippen molar-refractivity contribution < 1.29 is 4.79 Å². The first-order valence-electron chi connectivity index (χ1n) is 7.08. The number of nitrogens with zero attached hydrogens (tertiary/aromatic N) is 2. The van der Waals surface area contributed by atoms with Crippen molar-refractivity contribution in [2.24, 2.45) is 0 Å². The van der Waals surface area contributed by atoms with E-state index >= 15 is 0 Å². The van der Waals surface area contributed by atoms with Gasteiger partial charge in [0.05, 0.1) is 11.4 Å². The molecule has 2 aromatic carbocycles. The molecule has 0 aliphatic heterocycles. The molecule has 0 fully saturated rings. The molecule has 3 aromatic rings. The van der Waals surface area contributed by atoms with E-state index in [0.29, 0.717) is 5.56 Å². The summed E-state index contributed by atoms with van der Waals surface area (Å²) in [6.07, 6.45) is 3.91. The number of carbonyl (C=O) groups excluding carboxylic acids is 1. The van der Waals surface area contributed by atoms with Gasteiger partial charge in [0.2, 0.25) is 0 Å². The molecule has 4 heteroatoms. The van der Waals surface area contributed by atoms with Crippen LogP contribution < -0.4 is 10.3 Å². The first-order valence-corrected chi connectivity index (χ1v) is 7.08. The van der Waals surface area contributed by atoms with Gasteiger partial charge in [-0.2, -0.15) is 0 Å². The van der Waals surface area contributed by atoms with E-state index in [2.05, 4.69) is 5.32 Å². The van der Waals surface area contributed by atoms with Gasteiger partial charge >= 0.3 is 0 Å². The second kappa shape index (κ2) is 6.18. The molecule has 0 bridgehead atoms. The van der Waals surface area contributed by atoms with Crippen molar-refractivity contribution in [3.63, 3.8) is 0 Å². The number of benzene rings is 2. The molecular weight excluding hydrogens is 274 g/mol. The first kappa shape index (κ1) is 13.9. The second-order valence-electron chi connectivity index (χ2n) is 4.92. The van der Waals surface area contributed by atoms with Crippen LogP contribution in [0.1, 0.15) is 10.4 Å². The number of hydrogen-bond donors (Lipinski definition) is 1. The van der Waals surface area contributed by atoms with Crippen LogP contribution in [0.25, 0.3) is 0 Å². The van der Waals surface area contributed by atoms with Crippen LogP contribution in [0.3, 0.4) is 0 Å². The molecule has 4 nitrogen and oxygen atoms in total. The lowest BCUT2D eigenvalue weighted by molar-refractivity contribution is 0.102. The van der Waals surface area contributed by atoms with Gasteiger partial charge in [-0.05, 0) is 36.4 Å². The summed E-state index contributed by atoms with van der Waals surface area (Å²) in [5.41, 5.74) is 2.33. The topological polar surface area (TPSA) is 37.3 Å². The molecule has 1 aromatic heterocycles. The SMILES string of the molecule is CN(c1ccccc1NC(=O)c1ccccc1)n1cccc1. The van der Waals surface area contributed by atoms with Gasteiger partial charge in [-0.3, -0.25) is 14.5 Å². The van der Waals surface area contributed by atoms with Crippen LogP contribution in [0.4, 0.5) is 11.4 Å². The fourth-order valence-electron chi connectivity index (χ4n) is 2.30. The minimum atomic E-state index is -0.117. The normalized spacial score (nSPS) is 10.2. The Kier molecular flexibility index (Phi) is 3.92. The number of rotatable bonds is 4. The highest BCUT2D eigenvalue weighted by Crippen LogP contribution is 2.25. The number of para-hydroxylation sites is 2. The molecule has 3 rings (SSSR count). The first-order chi connectivity index (χ1) is 10.8. The molecule has 0 aliphatic carbocycles. The molecule has 1 amide bonds. The van der Waals surface area contributed by atoms with Crippen molar-refractivity contribution >= 4 is 17.3 Å². The summed E-state index contributed by atoms with van der Waals surface area (Å²) >= 11 is 0. The van der Waals surface area contributed by atoms with Gasteiger partial charge in [-0.1, -0.05) is 30.3 Å². The number of amides is 1. The number of anilines is 2. The van der Waals surface area contributed by atoms with E-state index in [-0.39, 0.29) is 5.91 Å². The van der Waals surface area contributed by atoms with Gasteiger partial charge in [0.1, 0.15) is 0 Å². The molecule has 0 spiro atoms.